The van der Waals surface area contributed by atoms with Crippen LogP contribution in [0, 0.1) is 20.8 Å². The Morgan fingerprint density at radius 3 is 2.44 bits per heavy atom. The van der Waals surface area contributed by atoms with Crippen molar-refractivity contribution in [2.24, 2.45) is 7.05 Å². The van der Waals surface area contributed by atoms with Gasteiger partial charge in [0, 0.05) is 45.0 Å². The molecule has 1 N–H and O–H groups in total. The van der Waals surface area contributed by atoms with Crippen LogP contribution in [0.2, 0.25) is 0 Å². The fraction of sp³-hybridized carbons (Fsp3) is 0.261. The van der Waals surface area contributed by atoms with Gasteiger partial charge in [-0.15, -0.1) is 11.3 Å². The topological polar surface area (TPSA) is 37.8 Å². The van der Waals surface area contributed by atoms with Gasteiger partial charge in [0.2, 0.25) is 0 Å². The molecule has 0 aliphatic rings. The van der Waals surface area contributed by atoms with Crippen LogP contribution in [0.5, 0.6) is 0 Å². The molecular weight excluding hydrogens is 352 g/mol. The first-order valence-electron chi connectivity index (χ1n) is 9.19. The van der Waals surface area contributed by atoms with Crippen LogP contribution in [-0.4, -0.2) is 15.3 Å². The molecule has 4 aromatic rings. The summed E-state index contributed by atoms with van der Waals surface area (Å²) in [6.07, 6.45) is 0. The van der Waals surface area contributed by atoms with Crippen LogP contribution >= 0.6 is 11.3 Å². The summed E-state index contributed by atoms with van der Waals surface area (Å²) in [6.45, 7) is 7.85. The highest BCUT2D eigenvalue weighted by Gasteiger charge is 2.29. The zero-order valence-electron chi connectivity index (χ0n) is 16.4. The van der Waals surface area contributed by atoms with Gasteiger partial charge in [0.25, 0.3) is 0 Å². The Balaban J connectivity index is 2.00. The third-order valence-electron chi connectivity index (χ3n) is 5.51. The van der Waals surface area contributed by atoms with Gasteiger partial charge in [-0.1, -0.05) is 18.2 Å². The largest absolute Gasteiger partial charge is 0.362 e. The summed E-state index contributed by atoms with van der Waals surface area (Å²) in [7, 11) is 2.07. The van der Waals surface area contributed by atoms with E-state index in [-0.39, 0.29) is 11.7 Å². The highest BCUT2D eigenvalue weighted by molar-refractivity contribution is 7.19. The molecule has 0 radical (unpaired) electrons. The first-order valence-corrected chi connectivity index (χ1v) is 10.0. The molecule has 1 aromatic carbocycles. The minimum atomic E-state index is 0.0768. The van der Waals surface area contributed by atoms with E-state index < -0.39 is 0 Å². The summed E-state index contributed by atoms with van der Waals surface area (Å²) < 4.78 is 3.48. The summed E-state index contributed by atoms with van der Waals surface area (Å²) in [5.41, 5.74) is 6.46. The number of carbonyl (C=O) groups is 1. The van der Waals surface area contributed by atoms with Crippen molar-refractivity contribution in [3.8, 4) is 0 Å². The molecule has 0 saturated carbocycles. The Labute approximate surface area is 163 Å². The standard InChI is InChI=1S/C23H24N2OS/c1-13-10-11-18(24-13)22(20-12-17-8-6-7-9-19(17)27-20)23-14(2)21(16(4)26)15(3)25(23)5/h6-12,22,24H,1-5H3. The number of carbonyl (C=O) groups excluding carboxylic acids is 1. The normalized spacial score (nSPS) is 12.6. The molecule has 27 heavy (non-hydrogen) atoms. The molecule has 0 spiro atoms. The van der Waals surface area contributed by atoms with Gasteiger partial charge in [-0.3, -0.25) is 4.79 Å². The molecule has 0 fully saturated rings. The molecular formula is C23H24N2OS. The van der Waals surface area contributed by atoms with Crippen molar-refractivity contribution in [2.45, 2.75) is 33.6 Å². The van der Waals surface area contributed by atoms with Gasteiger partial charge in [0.05, 0.1) is 5.92 Å². The van der Waals surface area contributed by atoms with Gasteiger partial charge in [-0.25, -0.2) is 0 Å². The van der Waals surface area contributed by atoms with Crippen LogP contribution < -0.4 is 0 Å². The second kappa shape index (κ2) is 6.54. The maximum Gasteiger partial charge on any atom is 0.161 e. The van der Waals surface area contributed by atoms with Gasteiger partial charge in [-0.2, -0.15) is 0 Å². The number of nitrogens with zero attached hydrogens (tertiary/aromatic N) is 1. The van der Waals surface area contributed by atoms with E-state index in [0.29, 0.717) is 0 Å². The Hall–Kier alpha value is -2.59. The molecule has 0 bridgehead atoms. The quantitative estimate of drug-likeness (QED) is 0.444. The molecule has 3 nitrogen and oxygen atoms in total. The van der Waals surface area contributed by atoms with Crippen molar-refractivity contribution in [1.29, 1.82) is 0 Å². The number of hydrogen-bond acceptors (Lipinski definition) is 2. The lowest BCUT2D eigenvalue weighted by atomic mass is 9.94. The minimum absolute atomic E-state index is 0.0768. The highest BCUT2D eigenvalue weighted by atomic mass is 32.1. The molecule has 138 valence electrons. The number of benzene rings is 1. The lowest BCUT2D eigenvalue weighted by Crippen LogP contribution is -2.09. The number of aromatic nitrogens is 2. The first kappa shape index (κ1) is 17.8. The Morgan fingerprint density at radius 1 is 1.11 bits per heavy atom. The Bertz CT molecular complexity index is 1130. The van der Waals surface area contributed by atoms with Gasteiger partial charge in [0.1, 0.15) is 0 Å². The molecule has 1 unspecified atom stereocenters. The van der Waals surface area contributed by atoms with Crippen LogP contribution in [0.3, 0.4) is 0 Å². The maximum absolute atomic E-state index is 12.3. The number of nitrogens with one attached hydrogen (secondary N) is 1. The van der Waals surface area contributed by atoms with Crippen LogP contribution in [0.25, 0.3) is 10.1 Å². The number of H-pyrrole nitrogens is 1. The average Bonchev–Trinajstić information content (AvgIpc) is 3.28. The summed E-state index contributed by atoms with van der Waals surface area (Å²) in [5, 5.41) is 1.26. The lowest BCUT2D eigenvalue weighted by Gasteiger charge is -2.18. The zero-order valence-corrected chi connectivity index (χ0v) is 17.2. The van der Waals surface area contributed by atoms with Gasteiger partial charge < -0.3 is 9.55 Å². The van der Waals surface area contributed by atoms with E-state index in [4.69, 9.17) is 0 Å². The monoisotopic (exact) mass is 376 g/mol. The number of aromatic amines is 1. The van der Waals surface area contributed by atoms with Crippen molar-refractivity contribution >= 4 is 27.2 Å². The third-order valence-corrected chi connectivity index (χ3v) is 6.69. The van der Waals surface area contributed by atoms with Crippen molar-refractivity contribution in [2.75, 3.05) is 0 Å². The fourth-order valence-corrected chi connectivity index (χ4v) is 5.39. The van der Waals surface area contributed by atoms with Crippen LogP contribution in [0.1, 0.15) is 56.4 Å². The molecule has 0 saturated heterocycles. The van der Waals surface area contributed by atoms with Crippen molar-refractivity contribution in [1.82, 2.24) is 9.55 Å². The van der Waals surface area contributed by atoms with E-state index in [2.05, 4.69) is 72.9 Å². The van der Waals surface area contributed by atoms with Crippen LogP contribution in [0.4, 0.5) is 0 Å². The van der Waals surface area contributed by atoms with Crippen LogP contribution in [-0.2, 0) is 7.05 Å². The van der Waals surface area contributed by atoms with Gasteiger partial charge in [0.15, 0.2) is 5.78 Å². The Morgan fingerprint density at radius 2 is 1.85 bits per heavy atom. The smallest absolute Gasteiger partial charge is 0.161 e. The fourth-order valence-electron chi connectivity index (χ4n) is 4.20. The van der Waals surface area contributed by atoms with Crippen LogP contribution in [0.15, 0.2) is 42.5 Å². The molecule has 0 aliphatic heterocycles. The zero-order chi connectivity index (χ0) is 19.3. The molecule has 4 rings (SSSR count). The van der Waals surface area contributed by atoms with Gasteiger partial charge in [-0.05, 0) is 62.9 Å². The number of ketones is 1. The van der Waals surface area contributed by atoms with E-state index in [9.17, 15) is 4.79 Å². The summed E-state index contributed by atoms with van der Waals surface area (Å²) in [6, 6.07) is 15.1. The Kier molecular flexibility index (Phi) is 4.31. The van der Waals surface area contributed by atoms with E-state index in [1.54, 1.807) is 6.92 Å². The number of thiophene rings is 1. The average molecular weight is 377 g/mol. The lowest BCUT2D eigenvalue weighted by molar-refractivity contribution is 0.101. The second-order valence-electron chi connectivity index (χ2n) is 7.30. The summed E-state index contributed by atoms with van der Waals surface area (Å²) in [4.78, 5) is 17.1. The van der Waals surface area contributed by atoms with E-state index in [1.165, 1.54) is 20.7 Å². The van der Waals surface area contributed by atoms with Gasteiger partial charge >= 0.3 is 0 Å². The second-order valence-corrected chi connectivity index (χ2v) is 8.42. The third kappa shape index (κ3) is 2.85. The van der Waals surface area contributed by atoms with E-state index in [0.717, 1.165) is 28.2 Å². The van der Waals surface area contributed by atoms with Crippen molar-refractivity contribution in [3.05, 3.63) is 81.2 Å². The number of fused-ring (bicyclic) bond motifs is 1. The predicted octanol–water partition coefficient (Wildman–Crippen LogP) is 5.88. The first-order chi connectivity index (χ1) is 12.9. The molecule has 3 aromatic heterocycles. The predicted molar refractivity (Wildman–Crippen MR) is 113 cm³/mol. The van der Waals surface area contributed by atoms with E-state index >= 15 is 0 Å². The summed E-state index contributed by atoms with van der Waals surface area (Å²) >= 11 is 1.83. The minimum Gasteiger partial charge on any atom is -0.362 e. The molecule has 3 heterocycles. The highest BCUT2D eigenvalue weighted by Crippen LogP contribution is 2.41. The molecule has 0 amide bonds. The van der Waals surface area contributed by atoms with Crippen molar-refractivity contribution in [3.63, 3.8) is 0 Å². The number of aryl methyl sites for hydroxylation is 1. The number of Topliss-reactive ketones (excluding diaryl/α,β-unsaturated/α-hetero) is 1. The van der Waals surface area contributed by atoms with E-state index in [1.807, 2.05) is 18.3 Å². The molecule has 1 atom stereocenters. The molecule has 0 aliphatic carbocycles. The number of rotatable bonds is 4. The number of hydrogen-bond donors (Lipinski definition) is 1. The molecule has 4 heteroatoms. The maximum atomic E-state index is 12.3. The summed E-state index contributed by atoms with van der Waals surface area (Å²) in [5.74, 6) is 0.206. The SMILES string of the molecule is CC(=O)c1c(C)c(C(c2ccc(C)[nH]2)c2cc3ccccc3s2)n(C)c1C. The van der Waals surface area contributed by atoms with Crippen molar-refractivity contribution < 1.29 is 4.79 Å².